The van der Waals surface area contributed by atoms with Gasteiger partial charge >= 0.3 is 0 Å². The Balaban J connectivity index is 1.34. The van der Waals surface area contributed by atoms with Gasteiger partial charge in [-0.15, -0.1) is 0 Å². The highest BCUT2D eigenvalue weighted by atomic mass is 16.5. The lowest BCUT2D eigenvalue weighted by Gasteiger charge is -2.36. The van der Waals surface area contributed by atoms with E-state index in [1.807, 2.05) is 47.4 Å². The standard InChI is InChI=1S/C24H29N3O3/c28-23(17-19-7-2-1-3-8-19)25-22-11-5-4-10-21(22)24(29)27-14-12-26(13-15-27)18-20-9-6-16-30-20/h1-5,7-8,10-11,20H,6,9,12-18H2,(H,25,28)/t20-/m1/s1. The van der Waals surface area contributed by atoms with Crippen molar-refractivity contribution in [3.8, 4) is 0 Å². The van der Waals surface area contributed by atoms with Gasteiger partial charge in [0.25, 0.3) is 5.91 Å². The molecule has 2 aromatic rings. The maximum atomic E-state index is 13.1. The minimum atomic E-state index is -0.122. The first-order chi connectivity index (χ1) is 14.7. The summed E-state index contributed by atoms with van der Waals surface area (Å²) in [5.74, 6) is -0.148. The van der Waals surface area contributed by atoms with E-state index in [2.05, 4.69) is 10.2 Å². The van der Waals surface area contributed by atoms with Crippen molar-refractivity contribution in [2.75, 3.05) is 44.6 Å². The summed E-state index contributed by atoms with van der Waals surface area (Å²) >= 11 is 0. The number of rotatable bonds is 6. The van der Waals surface area contributed by atoms with E-state index in [0.717, 1.165) is 44.6 Å². The second kappa shape index (κ2) is 9.87. The smallest absolute Gasteiger partial charge is 0.256 e. The summed E-state index contributed by atoms with van der Waals surface area (Å²) in [5.41, 5.74) is 2.07. The van der Waals surface area contributed by atoms with Gasteiger partial charge in [0.2, 0.25) is 5.91 Å². The number of piperazine rings is 1. The molecule has 2 amide bonds. The summed E-state index contributed by atoms with van der Waals surface area (Å²) in [6.45, 7) is 4.92. The van der Waals surface area contributed by atoms with Crippen LogP contribution in [0.25, 0.3) is 0 Å². The third-order valence-electron chi connectivity index (χ3n) is 5.78. The Bertz CT molecular complexity index is 857. The fourth-order valence-corrected chi connectivity index (χ4v) is 4.13. The van der Waals surface area contributed by atoms with Crippen molar-refractivity contribution in [2.24, 2.45) is 0 Å². The highest BCUT2D eigenvalue weighted by molar-refractivity contribution is 6.04. The van der Waals surface area contributed by atoms with Gasteiger partial charge in [0, 0.05) is 39.3 Å². The summed E-state index contributed by atoms with van der Waals surface area (Å²) in [4.78, 5) is 29.9. The van der Waals surface area contributed by atoms with E-state index in [-0.39, 0.29) is 18.2 Å². The van der Waals surface area contributed by atoms with Crippen LogP contribution in [-0.2, 0) is 16.0 Å². The molecule has 2 saturated heterocycles. The van der Waals surface area contributed by atoms with E-state index in [9.17, 15) is 9.59 Å². The average molecular weight is 408 g/mol. The maximum Gasteiger partial charge on any atom is 0.256 e. The van der Waals surface area contributed by atoms with Gasteiger partial charge in [-0.05, 0) is 30.5 Å². The van der Waals surface area contributed by atoms with Gasteiger partial charge in [-0.2, -0.15) is 0 Å². The Morgan fingerprint density at radius 2 is 1.70 bits per heavy atom. The summed E-state index contributed by atoms with van der Waals surface area (Å²) in [7, 11) is 0. The first kappa shape index (κ1) is 20.6. The van der Waals surface area contributed by atoms with Crippen LogP contribution in [0.3, 0.4) is 0 Å². The molecule has 158 valence electrons. The molecule has 4 rings (SSSR count). The molecule has 0 unspecified atom stereocenters. The van der Waals surface area contributed by atoms with Gasteiger partial charge in [-0.3, -0.25) is 14.5 Å². The van der Waals surface area contributed by atoms with Crippen LogP contribution in [0.5, 0.6) is 0 Å². The molecule has 0 aromatic heterocycles. The number of hydrogen-bond acceptors (Lipinski definition) is 4. The average Bonchev–Trinajstić information content (AvgIpc) is 3.28. The van der Waals surface area contributed by atoms with Crippen LogP contribution in [0, 0.1) is 0 Å². The second-order valence-electron chi connectivity index (χ2n) is 7.98. The molecule has 6 nitrogen and oxygen atoms in total. The molecule has 1 N–H and O–H groups in total. The zero-order valence-electron chi connectivity index (χ0n) is 17.3. The molecule has 0 spiro atoms. The van der Waals surface area contributed by atoms with Crippen LogP contribution in [0.1, 0.15) is 28.8 Å². The van der Waals surface area contributed by atoms with E-state index in [1.165, 1.54) is 0 Å². The molecular weight excluding hydrogens is 378 g/mol. The largest absolute Gasteiger partial charge is 0.377 e. The van der Waals surface area contributed by atoms with Crippen LogP contribution in [0.2, 0.25) is 0 Å². The van der Waals surface area contributed by atoms with E-state index >= 15 is 0 Å². The number of benzene rings is 2. The third-order valence-corrected chi connectivity index (χ3v) is 5.78. The highest BCUT2D eigenvalue weighted by Gasteiger charge is 2.26. The van der Waals surface area contributed by atoms with E-state index in [4.69, 9.17) is 4.74 Å². The number of carbonyl (C=O) groups excluding carboxylic acids is 2. The summed E-state index contributed by atoms with van der Waals surface area (Å²) in [5, 5.41) is 2.92. The minimum absolute atomic E-state index is 0.0256. The summed E-state index contributed by atoms with van der Waals surface area (Å²) < 4.78 is 5.73. The van der Waals surface area contributed by atoms with Crippen molar-refractivity contribution in [1.82, 2.24) is 9.80 Å². The second-order valence-corrected chi connectivity index (χ2v) is 7.98. The number of carbonyl (C=O) groups is 2. The Labute approximate surface area is 177 Å². The topological polar surface area (TPSA) is 61.9 Å². The van der Waals surface area contributed by atoms with Gasteiger partial charge in [0.05, 0.1) is 23.8 Å². The molecule has 0 bridgehead atoms. The molecule has 2 heterocycles. The zero-order valence-corrected chi connectivity index (χ0v) is 17.3. The van der Waals surface area contributed by atoms with Gasteiger partial charge in [0.15, 0.2) is 0 Å². The summed E-state index contributed by atoms with van der Waals surface area (Å²) in [6.07, 6.45) is 2.91. The zero-order chi connectivity index (χ0) is 20.8. The van der Waals surface area contributed by atoms with Gasteiger partial charge in [-0.1, -0.05) is 42.5 Å². The first-order valence-corrected chi connectivity index (χ1v) is 10.7. The SMILES string of the molecule is O=C(Cc1ccccc1)Nc1ccccc1C(=O)N1CCN(C[C@H]2CCCO2)CC1. The quantitative estimate of drug-likeness (QED) is 0.800. The van der Waals surface area contributed by atoms with Crippen molar-refractivity contribution in [3.05, 3.63) is 65.7 Å². The van der Waals surface area contributed by atoms with E-state index in [1.54, 1.807) is 12.1 Å². The minimum Gasteiger partial charge on any atom is -0.377 e. The Kier molecular flexibility index (Phi) is 6.77. The van der Waals surface area contributed by atoms with Crippen molar-refractivity contribution in [2.45, 2.75) is 25.4 Å². The van der Waals surface area contributed by atoms with E-state index < -0.39 is 0 Å². The molecule has 0 radical (unpaired) electrons. The number of para-hydroxylation sites is 1. The predicted octanol–water partition coefficient (Wildman–Crippen LogP) is 2.80. The van der Waals surface area contributed by atoms with Gasteiger partial charge in [-0.25, -0.2) is 0 Å². The lowest BCUT2D eigenvalue weighted by Crippen LogP contribution is -2.50. The van der Waals surface area contributed by atoms with Crippen molar-refractivity contribution in [1.29, 1.82) is 0 Å². The van der Waals surface area contributed by atoms with Crippen LogP contribution in [-0.4, -0.2) is 67.0 Å². The normalized spacial score (nSPS) is 19.6. The third kappa shape index (κ3) is 5.26. The van der Waals surface area contributed by atoms with E-state index in [0.29, 0.717) is 30.4 Å². The van der Waals surface area contributed by atoms with Gasteiger partial charge in [0.1, 0.15) is 0 Å². The number of hydrogen-bond donors (Lipinski definition) is 1. The number of amides is 2. The molecule has 1 atom stereocenters. The molecule has 0 aliphatic carbocycles. The van der Waals surface area contributed by atoms with Crippen molar-refractivity contribution >= 4 is 17.5 Å². The lowest BCUT2D eigenvalue weighted by atomic mass is 10.1. The lowest BCUT2D eigenvalue weighted by molar-refractivity contribution is -0.115. The maximum absolute atomic E-state index is 13.1. The predicted molar refractivity (Wildman–Crippen MR) is 117 cm³/mol. The monoisotopic (exact) mass is 407 g/mol. The number of nitrogens with zero attached hydrogens (tertiary/aromatic N) is 2. The molecule has 0 saturated carbocycles. The molecular formula is C24H29N3O3. The van der Waals surface area contributed by atoms with Crippen LogP contribution < -0.4 is 5.32 Å². The first-order valence-electron chi connectivity index (χ1n) is 10.7. The molecule has 2 aliphatic rings. The Morgan fingerprint density at radius 3 is 2.43 bits per heavy atom. The number of nitrogens with one attached hydrogen (secondary N) is 1. The van der Waals surface area contributed by atoms with Gasteiger partial charge < -0.3 is 15.0 Å². The van der Waals surface area contributed by atoms with Crippen molar-refractivity contribution < 1.29 is 14.3 Å². The number of anilines is 1. The Morgan fingerprint density at radius 1 is 0.967 bits per heavy atom. The Hall–Kier alpha value is -2.70. The molecule has 2 fully saturated rings. The molecule has 6 heteroatoms. The number of ether oxygens (including phenoxy) is 1. The van der Waals surface area contributed by atoms with Crippen molar-refractivity contribution in [3.63, 3.8) is 0 Å². The van der Waals surface area contributed by atoms with Crippen LogP contribution >= 0.6 is 0 Å². The fourth-order valence-electron chi connectivity index (χ4n) is 4.13. The molecule has 2 aliphatic heterocycles. The highest BCUT2D eigenvalue weighted by Crippen LogP contribution is 2.20. The van der Waals surface area contributed by atoms with Crippen LogP contribution in [0.4, 0.5) is 5.69 Å². The van der Waals surface area contributed by atoms with Crippen LogP contribution in [0.15, 0.2) is 54.6 Å². The molecule has 2 aromatic carbocycles. The fraction of sp³-hybridized carbons (Fsp3) is 0.417. The molecule has 30 heavy (non-hydrogen) atoms. The summed E-state index contributed by atoms with van der Waals surface area (Å²) in [6, 6.07) is 16.9.